The summed E-state index contributed by atoms with van der Waals surface area (Å²) in [6, 6.07) is 0. The SMILES string of the molecule is O=P(Cl)(Cl)OP(=O)(Cl)Cl.O=[P+](O)O[P+](=O)O.OCC(CO)(CO)CO. The van der Waals surface area contributed by atoms with Gasteiger partial charge < -0.3 is 20.4 Å². The molecule has 0 amide bonds. The molecule has 0 heterocycles. The Bertz CT molecular complexity index is 438. The molecule has 6 N–H and O–H groups in total. The molecule has 0 saturated heterocycles. The standard InChI is InChI=1S/C5H12O4.Cl4O3P2.O5P2/c6-1-5(2-7,3-8)4-9;1-8(2,5)7-9(3,4)6;1-6(2)5-7(3)4/h6-9H,1-4H2;;/p+2. The fourth-order valence-electron chi connectivity index (χ4n) is 0.470. The van der Waals surface area contributed by atoms with Crippen molar-refractivity contribution in [3.05, 3.63) is 0 Å². The summed E-state index contributed by atoms with van der Waals surface area (Å²) in [5.41, 5.74) is -1.11. The van der Waals surface area contributed by atoms with Gasteiger partial charge in [0.1, 0.15) is 0 Å². The van der Waals surface area contributed by atoms with E-state index in [1.807, 2.05) is 0 Å². The lowest BCUT2D eigenvalue weighted by molar-refractivity contribution is -0.0328. The second-order valence-corrected chi connectivity index (χ2v) is 13.9. The van der Waals surface area contributed by atoms with Crippen molar-refractivity contribution in [1.29, 1.82) is 0 Å². The van der Waals surface area contributed by atoms with Gasteiger partial charge in [-0.3, -0.25) is 9.13 Å². The predicted octanol–water partition coefficient (Wildman–Crippen LogP) is 2.42. The molecule has 20 heteroatoms. The average Bonchev–Trinajstić information content (AvgIpc) is 2.37. The van der Waals surface area contributed by atoms with E-state index in [1.165, 1.54) is 0 Å². The third kappa shape index (κ3) is 25.5. The molecular formula is C5H14Cl4O12P4+2. The zero-order valence-electron chi connectivity index (χ0n) is 11.8. The van der Waals surface area contributed by atoms with Crippen LogP contribution in [0.5, 0.6) is 0 Å². The highest BCUT2D eigenvalue weighted by Crippen LogP contribution is 2.74. The van der Waals surface area contributed by atoms with E-state index in [1.54, 1.807) is 0 Å². The van der Waals surface area contributed by atoms with Gasteiger partial charge in [0, 0.05) is 9.13 Å². The molecule has 0 aromatic rings. The summed E-state index contributed by atoms with van der Waals surface area (Å²) in [7, 11) is -5.85. The Morgan fingerprint density at radius 1 is 0.760 bits per heavy atom. The minimum absolute atomic E-state index is 0.406. The molecule has 0 fully saturated rings. The molecule has 25 heavy (non-hydrogen) atoms. The largest absolute Gasteiger partial charge is 0.745 e. The Kier molecular flexibility index (Phi) is 19.3. The smallest absolute Gasteiger partial charge is 0.396 e. The summed E-state index contributed by atoms with van der Waals surface area (Å²) in [4.78, 5) is 15.3. The molecule has 0 aliphatic rings. The Morgan fingerprint density at radius 2 is 1.00 bits per heavy atom. The van der Waals surface area contributed by atoms with E-state index in [-0.39, 0.29) is 0 Å². The van der Waals surface area contributed by atoms with Gasteiger partial charge in [0.2, 0.25) is 0 Å². The first-order chi connectivity index (χ1) is 11.1. The van der Waals surface area contributed by atoms with Crippen molar-refractivity contribution in [3.63, 3.8) is 0 Å². The number of aliphatic hydroxyl groups excluding tert-OH is 4. The Morgan fingerprint density at radius 3 is 1.00 bits per heavy atom. The second kappa shape index (κ2) is 15.4. The average molecular weight is 532 g/mol. The van der Waals surface area contributed by atoms with Crippen molar-refractivity contribution in [3.8, 4) is 0 Å². The molecule has 0 aliphatic heterocycles. The predicted molar refractivity (Wildman–Crippen MR) is 91.2 cm³/mol. The normalized spacial score (nSPS) is 13.0. The summed E-state index contributed by atoms with van der Waals surface area (Å²) in [6.07, 6.45) is -7.74. The lowest BCUT2D eigenvalue weighted by Gasteiger charge is -2.23. The molecule has 0 aromatic heterocycles. The van der Waals surface area contributed by atoms with Crippen molar-refractivity contribution in [1.82, 2.24) is 0 Å². The summed E-state index contributed by atoms with van der Waals surface area (Å²) in [5, 5.41) is 34.0. The van der Waals surface area contributed by atoms with Gasteiger partial charge in [-0.15, -0.1) is 9.79 Å². The molecule has 12 nitrogen and oxygen atoms in total. The van der Waals surface area contributed by atoms with E-state index < -0.39 is 60.5 Å². The quantitative estimate of drug-likeness (QED) is 0.249. The molecular weight excluding hydrogens is 518 g/mol. The fourth-order valence-corrected chi connectivity index (χ4v) is 6.10. The Labute approximate surface area is 162 Å². The molecule has 0 spiro atoms. The van der Waals surface area contributed by atoms with Crippen LogP contribution in [0.4, 0.5) is 0 Å². The summed E-state index contributed by atoms with van der Waals surface area (Å²) >= 11 is 19.1. The third-order valence-electron chi connectivity index (χ3n) is 1.67. The van der Waals surface area contributed by atoms with E-state index in [0.29, 0.717) is 0 Å². The summed E-state index contributed by atoms with van der Waals surface area (Å²) in [5.74, 6) is 0. The monoisotopic (exact) mass is 530 g/mol. The number of hydrogen-bond acceptors (Lipinski definition) is 10. The molecule has 2 atom stereocenters. The van der Waals surface area contributed by atoms with Crippen molar-refractivity contribution in [2.45, 2.75) is 0 Å². The van der Waals surface area contributed by atoms with Crippen LogP contribution in [0.3, 0.4) is 0 Å². The minimum Gasteiger partial charge on any atom is -0.396 e. The van der Waals surface area contributed by atoms with Gasteiger partial charge in [-0.25, -0.2) is 4.31 Å². The molecule has 0 bridgehead atoms. The summed E-state index contributed by atoms with van der Waals surface area (Å²) < 4.78 is 46.4. The van der Waals surface area contributed by atoms with Gasteiger partial charge in [-0.05, 0) is 45.0 Å². The highest BCUT2D eigenvalue weighted by Gasteiger charge is 2.31. The second-order valence-electron chi connectivity index (χ2n) is 3.60. The first kappa shape index (κ1) is 31.2. The Balaban J connectivity index is -0.000000293. The van der Waals surface area contributed by atoms with Gasteiger partial charge in [0.25, 0.3) is 0 Å². The fraction of sp³-hybridized carbons (Fsp3) is 1.00. The van der Waals surface area contributed by atoms with Crippen molar-refractivity contribution >= 4 is 73.6 Å². The van der Waals surface area contributed by atoms with Crippen LogP contribution < -0.4 is 0 Å². The van der Waals surface area contributed by atoms with E-state index >= 15 is 0 Å². The maximum Gasteiger partial charge on any atom is 0.745 e. The van der Waals surface area contributed by atoms with Crippen molar-refractivity contribution in [2.24, 2.45) is 5.41 Å². The maximum absolute atomic E-state index is 10.2. The van der Waals surface area contributed by atoms with E-state index in [9.17, 15) is 18.3 Å². The number of halogens is 4. The van der Waals surface area contributed by atoms with Crippen molar-refractivity contribution < 1.29 is 57.1 Å². The molecule has 0 aliphatic carbocycles. The van der Waals surface area contributed by atoms with Crippen molar-refractivity contribution in [2.75, 3.05) is 26.4 Å². The third-order valence-corrected chi connectivity index (χ3v) is 6.53. The minimum atomic E-state index is -3.87. The molecule has 0 radical (unpaired) electrons. The number of rotatable bonds is 8. The molecule has 0 aromatic carbocycles. The highest BCUT2D eigenvalue weighted by molar-refractivity contribution is 8.15. The Hall–Kier alpha value is 1.50. The number of hydrogen-bond donors (Lipinski definition) is 6. The zero-order valence-corrected chi connectivity index (χ0v) is 18.4. The first-order valence-electron chi connectivity index (χ1n) is 5.22. The van der Waals surface area contributed by atoms with Crippen LogP contribution in [0, 0.1) is 5.41 Å². The van der Waals surface area contributed by atoms with Crippen LogP contribution in [0.1, 0.15) is 0 Å². The van der Waals surface area contributed by atoms with Crippen LogP contribution in [0.2, 0.25) is 0 Å². The van der Waals surface area contributed by atoms with Gasteiger partial charge in [0.15, 0.2) is 4.31 Å². The number of aliphatic hydroxyl groups is 4. The van der Waals surface area contributed by atoms with Crippen LogP contribution in [0.25, 0.3) is 0 Å². The topological polar surface area (TPSA) is 208 Å². The van der Waals surface area contributed by atoms with E-state index in [4.69, 9.17) is 75.2 Å². The van der Waals surface area contributed by atoms with Crippen LogP contribution >= 0.6 is 73.6 Å². The maximum atomic E-state index is 10.2. The molecule has 0 rings (SSSR count). The van der Waals surface area contributed by atoms with Gasteiger partial charge in [-0.2, -0.15) is 0 Å². The van der Waals surface area contributed by atoms with Crippen LogP contribution in [-0.2, 0) is 26.9 Å². The van der Waals surface area contributed by atoms with E-state index in [0.717, 1.165) is 0 Å². The lowest BCUT2D eigenvalue weighted by atomic mass is 9.93. The van der Waals surface area contributed by atoms with Gasteiger partial charge in [0.05, 0.1) is 31.8 Å². The van der Waals surface area contributed by atoms with Crippen LogP contribution in [-0.4, -0.2) is 56.6 Å². The molecule has 152 valence electrons. The highest BCUT2D eigenvalue weighted by atomic mass is 35.9. The molecule has 0 saturated carbocycles. The molecule has 2 unspecified atom stereocenters. The zero-order chi connectivity index (χ0) is 20.9. The van der Waals surface area contributed by atoms with Gasteiger partial charge in [-0.1, -0.05) is 0 Å². The first-order valence-corrected chi connectivity index (χ1v) is 14.3. The van der Waals surface area contributed by atoms with Crippen LogP contribution in [0.15, 0.2) is 0 Å². The van der Waals surface area contributed by atoms with Gasteiger partial charge >= 0.3 is 28.7 Å². The van der Waals surface area contributed by atoms with E-state index in [2.05, 4.69) is 8.62 Å². The lowest BCUT2D eigenvalue weighted by Crippen LogP contribution is -2.37. The summed E-state index contributed by atoms with van der Waals surface area (Å²) in [6.45, 7) is -1.62.